The third-order valence-electron chi connectivity index (χ3n) is 2.30. The predicted octanol–water partition coefficient (Wildman–Crippen LogP) is 3.41. The summed E-state index contributed by atoms with van der Waals surface area (Å²) in [4.78, 5) is 6.70. The van der Waals surface area contributed by atoms with Crippen LogP contribution in [0.25, 0.3) is 0 Å². The summed E-state index contributed by atoms with van der Waals surface area (Å²) in [6.07, 6.45) is 3.68. The van der Waals surface area contributed by atoms with E-state index in [1.165, 1.54) is 9.77 Å². The first kappa shape index (κ1) is 12.6. The van der Waals surface area contributed by atoms with Crippen molar-refractivity contribution in [1.29, 1.82) is 0 Å². The highest BCUT2D eigenvalue weighted by atomic mass is 32.2. The van der Waals surface area contributed by atoms with Crippen LogP contribution in [0, 0.1) is 0 Å². The molecule has 0 saturated carbocycles. The first-order valence-corrected chi connectivity index (χ1v) is 7.40. The van der Waals surface area contributed by atoms with E-state index in [4.69, 9.17) is 0 Å². The highest BCUT2D eigenvalue weighted by Crippen LogP contribution is 2.21. The van der Waals surface area contributed by atoms with Crippen LogP contribution in [0.1, 0.15) is 11.8 Å². The average Bonchev–Trinajstić information content (AvgIpc) is 2.83. The third-order valence-corrected chi connectivity index (χ3v) is 4.29. The largest absolute Gasteiger partial charge is 0.311 e. The van der Waals surface area contributed by atoms with Gasteiger partial charge in [0.25, 0.3) is 0 Å². The second-order valence-electron chi connectivity index (χ2n) is 3.82. The number of nitrogens with zero attached hydrogens (tertiary/aromatic N) is 1. The van der Waals surface area contributed by atoms with Crippen molar-refractivity contribution in [1.82, 2.24) is 10.3 Å². The second-order valence-corrected chi connectivity index (χ2v) is 6.37. The van der Waals surface area contributed by atoms with Gasteiger partial charge in [-0.2, -0.15) is 0 Å². The lowest BCUT2D eigenvalue weighted by molar-refractivity contribution is 0.690. The highest BCUT2D eigenvalue weighted by molar-refractivity contribution is 8.00. The van der Waals surface area contributed by atoms with Gasteiger partial charge in [-0.15, -0.1) is 23.1 Å². The molecule has 0 aliphatic carbocycles. The first-order valence-electron chi connectivity index (χ1n) is 5.64. The fourth-order valence-corrected chi connectivity index (χ4v) is 3.12. The Balaban J connectivity index is 1.69. The van der Waals surface area contributed by atoms with Crippen molar-refractivity contribution in [3.05, 3.63) is 46.9 Å². The van der Waals surface area contributed by atoms with Crippen molar-refractivity contribution in [3.63, 3.8) is 0 Å². The van der Waals surface area contributed by atoms with E-state index < -0.39 is 0 Å². The molecule has 0 aromatic carbocycles. The molecule has 2 aromatic heterocycles. The first-order chi connectivity index (χ1) is 8.34. The molecule has 1 N–H and O–H groups in total. The van der Waals surface area contributed by atoms with E-state index in [2.05, 4.69) is 46.9 Å². The van der Waals surface area contributed by atoms with E-state index in [1.807, 2.05) is 24.2 Å². The van der Waals surface area contributed by atoms with E-state index in [0.717, 1.165) is 13.1 Å². The number of pyridine rings is 1. The van der Waals surface area contributed by atoms with Gasteiger partial charge in [-0.3, -0.25) is 4.98 Å². The summed E-state index contributed by atoms with van der Waals surface area (Å²) >= 11 is 3.68. The van der Waals surface area contributed by atoms with Gasteiger partial charge >= 0.3 is 0 Å². The minimum absolute atomic E-state index is 0.567. The Hall–Kier alpha value is -0.840. The molecule has 0 bridgehead atoms. The maximum atomic E-state index is 4.02. The molecule has 0 radical (unpaired) electrons. The van der Waals surface area contributed by atoms with E-state index in [-0.39, 0.29) is 0 Å². The predicted molar refractivity (Wildman–Crippen MR) is 75.6 cm³/mol. The van der Waals surface area contributed by atoms with Crippen LogP contribution < -0.4 is 5.32 Å². The molecule has 2 rings (SSSR count). The summed E-state index contributed by atoms with van der Waals surface area (Å²) in [5.41, 5.74) is 0. The van der Waals surface area contributed by atoms with Crippen molar-refractivity contribution in [2.45, 2.75) is 23.6 Å². The Kier molecular flexibility index (Phi) is 5.04. The Morgan fingerprint density at radius 1 is 1.35 bits per heavy atom. The second kappa shape index (κ2) is 6.79. The van der Waals surface area contributed by atoms with Gasteiger partial charge in [0.2, 0.25) is 0 Å². The van der Waals surface area contributed by atoms with Crippen LogP contribution in [0.4, 0.5) is 0 Å². The van der Waals surface area contributed by atoms with Gasteiger partial charge in [-0.05, 0) is 23.6 Å². The zero-order valence-corrected chi connectivity index (χ0v) is 11.4. The van der Waals surface area contributed by atoms with E-state index >= 15 is 0 Å². The fraction of sp³-hybridized carbons (Fsp3) is 0.308. The lowest BCUT2D eigenvalue weighted by atomic mass is 10.4. The van der Waals surface area contributed by atoms with E-state index in [0.29, 0.717) is 5.25 Å². The number of hydrogen-bond donors (Lipinski definition) is 1. The van der Waals surface area contributed by atoms with Crippen LogP contribution in [0.15, 0.2) is 46.9 Å². The van der Waals surface area contributed by atoms with Crippen molar-refractivity contribution in [3.8, 4) is 0 Å². The zero-order chi connectivity index (χ0) is 11.9. The van der Waals surface area contributed by atoms with Gasteiger partial charge in [0.15, 0.2) is 0 Å². The molecule has 1 atom stereocenters. The van der Waals surface area contributed by atoms with Crippen molar-refractivity contribution >= 4 is 23.1 Å². The Morgan fingerprint density at radius 2 is 2.18 bits per heavy atom. The summed E-state index contributed by atoms with van der Waals surface area (Å²) in [7, 11) is 0. The van der Waals surface area contributed by atoms with Crippen molar-refractivity contribution in [2.75, 3.05) is 6.54 Å². The van der Waals surface area contributed by atoms with Crippen molar-refractivity contribution in [2.24, 2.45) is 0 Å². The van der Waals surface area contributed by atoms with Crippen LogP contribution in [0.5, 0.6) is 0 Å². The van der Waals surface area contributed by atoms with Crippen LogP contribution in [0.2, 0.25) is 0 Å². The molecule has 2 heterocycles. The molecule has 0 aliphatic heterocycles. The summed E-state index contributed by atoms with van der Waals surface area (Å²) < 4.78 is 0. The number of thioether (sulfide) groups is 1. The van der Waals surface area contributed by atoms with Crippen LogP contribution in [-0.2, 0) is 6.54 Å². The molecule has 0 spiro atoms. The minimum Gasteiger partial charge on any atom is -0.311 e. The number of hydrogen-bond acceptors (Lipinski definition) is 4. The van der Waals surface area contributed by atoms with E-state index in [9.17, 15) is 0 Å². The summed E-state index contributed by atoms with van der Waals surface area (Å²) in [6, 6.07) is 8.37. The summed E-state index contributed by atoms with van der Waals surface area (Å²) in [5, 5.41) is 6.17. The molecule has 2 nitrogen and oxygen atoms in total. The van der Waals surface area contributed by atoms with Gasteiger partial charge in [0, 0.05) is 40.5 Å². The number of nitrogens with one attached hydrogen (secondary N) is 1. The molecule has 4 heteroatoms. The third kappa shape index (κ3) is 4.50. The normalized spacial score (nSPS) is 12.5. The van der Waals surface area contributed by atoms with Gasteiger partial charge in [-0.25, -0.2) is 0 Å². The molecule has 0 aliphatic rings. The molecule has 0 saturated heterocycles. The van der Waals surface area contributed by atoms with Gasteiger partial charge in [0.05, 0.1) is 0 Å². The summed E-state index contributed by atoms with van der Waals surface area (Å²) in [6.45, 7) is 4.23. The smallest absolute Gasteiger partial charge is 0.0300 e. The number of rotatable bonds is 6. The van der Waals surface area contributed by atoms with Crippen molar-refractivity contribution < 1.29 is 0 Å². The number of aromatic nitrogens is 1. The van der Waals surface area contributed by atoms with Crippen LogP contribution >= 0.6 is 23.1 Å². The van der Waals surface area contributed by atoms with Gasteiger partial charge in [0.1, 0.15) is 0 Å². The lowest BCUT2D eigenvalue weighted by Crippen LogP contribution is -2.21. The standard InChI is InChI=1S/C13H16N2S2/c1-11(17-12-4-6-14-7-5-12)9-15-10-13-3-2-8-16-13/h2-8,11,15H,9-10H2,1H3. The molecule has 90 valence electrons. The van der Waals surface area contributed by atoms with Gasteiger partial charge in [-0.1, -0.05) is 13.0 Å². The minimum atomic E-state index is 0.567. The quantitative estimate of drug-likeness (QED) is 0.809. The molecule has 0 amide bonds. The molecule has 0 fully saturated rings. The Labute approximate surface area is 110 Å². The monoisotopic (exact) mass is 264 g/mol. The SMILES string of the molecule is CC(CNCc1cccs1)Sc1ccncc1. The van der Waals surface area contributed by atoms with Crippen LogP contribution in [0.3, 0.4) is 0 Å². The zero-order valence-electron chi connectivity index (χ0n) is 9.80. The molecule has 1 unspecified atom stereocenters. The maximum absolute atomic E-state index is 4.02. The Morgan fingerprint density at radius 3 is 2.88 bits per heavy atom. The molecule has 2 aromatic rings. The molecule has 17 heavy (non-hydrogen) atoms. The van der Waals surface area contributed by atoms with Crippen LogP contribution in [-0.4, -0.2) is 16.8 Å². The average molecular weight is 264 g/mol. The van der Waals surface area contributed by atoms with Gasteiger partial charge < -0.3 is 5.32 Å². The molecular weight excluding hydrogens is 248 g/mol. The fourth-order valence-electron chi connectivity index (χ4n) is 1.50. The summed E-state index contributed by atoms with van der Waals surface area (Å²) in [5.74, 6) is 0. The topological polar surface area (TPSA) is 24.9 Å². The lowest BCUT2D eigenvalue weighted by Gasteiger charge is -2.11. The highest BCUT2D eigenvalue weighted by Gasteiger charge is 2.03. The number of thiophene rings is 1. The molecular formula is C13H16N2S2. The Bertz CT molecular complexity index is 414. The van der Waals surface area contributed by atoms with E-state index in [1.54, 1.807) is 11.3 Å². The maximum Gasteiger partial charge on any atom is 0.0300 e.